The summed E-state index contributed by atoms with van der Waals surface area (Å²) in [5.74, 6) is 0. The smallest absolute Gasteiger partial charge is 0.0873 e. The van der Waals surface area contributed by atoms with Crippen molar-refractivity contribution in [3.63, 3.8) is 0 Å². The molecular formula is C7H9N3. The van der Waals surface area contributed by atoms with Crippen molar-refractivity contribution in [2.45, 2.75) is 0 Å². The minimum absolute atomic E-state index is 0.501. The minimum Gasteiger partial charge on any atom is -0.403 e. The molecule has 0 aromatic carbocycles. The van der Waals surface area contributed by atoms with E-state index in [1.165, 1.54) is 6.20 Å². The maximum absolute atomic E-state index is 5.47. The third-order valence-electron chi connectivity index (χ3n) is 1.14. The van der Waals surface area contributed by atoms with Crippen molar-refractivity contribution < 1.29 is 0 Å². The summed E-state index contributed by atoms with van der Waals surface area (Å²) >= 11 is 0. The molecule has 3 heteroatoms. The lowest BCUT2D eigenvalue weighted by Gasteiger charge is -1.95. The summed E-state index contributed by atoms with van der Waals surface area (Å²) in [6.07, 6.45) is 3.01. The fraction of sp³-hybridized carbons (Fsp3) is 0. The standard InChI is InChI=1S/C7H9N3/c8-5-6(9)7-3-1-2-4-10-7/h1-5H,8-9H2/b6-5-. The first kappa shape index (κ1) is 6.61. The number of aromatic nitrogens is 1. The van der Waals surface area contributed by atoms with Crippen LogP contribution in [-0.4, -0.2) is 4.98 Å². The molecule has 3 nitrogen and oxygen atoms in total. The van der Waals surface area contributed by atoms with E-state index in [1.807, 2.05) is 12.1 Å². The van der Waals surface area contributed by atoms with Gasteiger partial charge in [0.1, 0.15) is 0 Å². The van der Waals surface area contributed by atoms with E-state index in [0.717, 1.165) is 0 Å². The molecule has 52 valence electrons. The molecule has 4 N–H and O–H groups in total. The molecular weight excluding hydrogens is 126 g/mol. The fourth-order valence-corrected chi connectivity index (χ4v) is 0.619. The summed E-state index contributed by atoms with van der Waals surface area (Å²) < 4.78 is 0. The van der Waals surface area contributed by atoms with Gasteiger partial charge in [0.2, 0.25) is 0 Å². The van der Waals surface area contributed by atoms with Crippen LogP contribution in [0.1, 0.15) is 5.69 Å². The lowest BCUT2D eigenvalue weighted by atomic mass is 10.3. The molecule has 0 saturated carbocycles. The van der Waals surface area contributed by atoms with Crippen LogP contribution in [0.5, 0.6) is 0 Å². The molecule has 0 aliphatic carbocycles. The van der Waals surface area contributed by atoms with Gasteiger partial charge < -0.3 is 11.5 Å². The van der Waals surface area contributed by atoms with Crippen LogP contribution in [0, 0.1) is 0 Å². The van der Waals surface area contributed by atoms with E-state index in [4.69, 9.17) is 11.5 Å². The summed E-state index contributed by atoms with van der Waals surface area (Å²) in [4.78, 5) is 3.98. The molecule has 0 aliphatic heterocycles. The second kappa shape index (κ2) is 2.87. The van der Waals surface area contributed by atoms with Crippen molar-refractivity contribution >= 4 is 5.70 Å². The van der Waals surface area contributed by atoms with Gasteiger partial charge in [-0.3, -0.25) is 4.98 Å². The van der Waals surface area contributed by atoms with Crippen LogP contribution in [0.2, 0.25) is 0 Å². The Balaban J connectivity index is 2.96. The van der Waals surface area contributed by atoms with Crippen LogP contribution < -0.4 is 11.5 Å². The molecule has 0 bridgehead atoms. The van der Waals surface area contributed by atoms with E-state index in [0.29, 0.717) is 11.4 Å². The van der Waals surface area contributed by atoms with E-state index in [9.17, 15) is 0 Å². The molecule has 0 aliphatic rings. The normalized spacial score (nSPS) is 11.4. The minimum atomic E-state index is 0.501. The molecule has 0 spiro atoms. The number of hydrogen-bond donors (Lipinski definition) is 2. The topological polar surface area (TPSA) is 64.9 Å². The van der Waals surface area contributed by atoms with Gasteiger partial charge in [0.15, 0.2) is 0 Å². The number of rotatable bonds is 1. The van der Waals surface area contributed by atoms with Gasteiger partial charge in [-0.15, -0.1) is 0 Å². The van der Waals surface area contributed by atoms with E-state index < -0.39 is 0 Å². The van der Waals surface area contributed by atoms with Crippen LogP contribution in [0.25, 0.3) is 5.70 Å². The first-order valence-corrected chi connectivity index (χ1v) is 2.93. The first-order chi connectivity index (χ1) is 4.84. The average molecular weight is 135 g/mol. The van der Waals surface area contributed by atoms with Crippen molar-refractivity contribution in [1.29, 1.82) is 0 Å². The highest BCUT2D eigenvalue weighted by Gasteiger charge is 1.92. The molecule has 0 radical (unpaired) electrons. The first-order valence-electron chi connectivity index (χ1n) is 2.93. The summed E-state index contributed by atoms with van der Waals surface area (Å²) in [6, 6.07) is 5.49. The van der Waals surface area contributed by atoms with Crippen LogP contribution in [0.3, 0.4) is 0 Å². The molecule has 0 fully saturated rings. The maximum Gasteiger partial charge on any atom is 0.0873 e. The molecule has 0 saturated heterocycles. The predicted molar refractivity (Wildman–Crippen MR) is 40.6 cm³/mol. The zero-order chi connectivity index (χ0) is 7.40. The van der Waals surface area contributed by atoms with Crippen molar-refractivity contribution in [2.75, 3.05) is 0 Å². The highest BCUT2D eigenvalue weighted by Crippen LogP contribution is 2.00. The maximum atomic E-state index is 5.47. The van der Waals surface area contributed by atoms with Gasteiger partial charge >= 0.3 is 0 Å². The molecule has 1 rings (SSSR count). The molecule has 0 atom stereocenters. The number of nitrogens with two attached hydrogens (primary N) is 2. The Morgan fingerprint density at radius 1 is 1.50 bits per heavy atom. The zero-order valence-electron chi connectivity index (χ0n) is 5.49. The van der Waals surface area contributed by atoms with Crippen LogP contribution in [0.4, 0.5) is 0 Å². The van der Waals surface area contributed by atoms with Crippen LogP contribution >= 0.6 is 0 Å². The van der Waals surface area contributed by atoms with Gasteiger partial charge in [-0.05, 0) is 12.1 Å². The van der Waals surface area contributed by atoms with Gasteiger partial charge in [-0.25, -0.2) is 0 Å². The fourth-order valence-electron chi connectivity index (χ4n) is 0.619. The Hall–Kier alpha value is -1.51. The van der Waals surface area contributed by atoms with Crippen molar-refractivity contribution in [1.82, 2.24) is 4.98 Å². The molecule has 1 aromatic heterocycles. The summed E-state index contributed by atoms with van der Waals surface area (Å²) in [6.45, 7) is 0. The van der Waals surface area contributed by atoms with Gasteiger partial charge in [-0.1, -0.05) is 6.07 Å². The molecule has 1 heterocycles. The highest BCUT2D eigenvalue weighted by molar-refractivity contribution is 5.57. The Morgan fingerprint density at radius 2 is 2.30 bits per heavy atom. The number of pyridine rings is 1. The van der Waals surface area contributed by atoms with Crippen molar-refractivity contribution in [3.05, 3.63) is 36.3 Å². The Morgan fingerprint density at radius 3 is 2.80 bits per heavy atom. The number of nitrogens with zero attached hydrogens (tertiary/aromatic N) is 1. The second-order valence-corrected chi connectivity index (χ2v) is 1.84. The average Bonchev–Trinajstić information content (AvgIpc) is 2.05. The van der Waals surface area contributed by atoms with E-state index in [1.54, 1.807) is 12.3 Å². The van der Waals surface area contributed by atoms with E-state index in [2.05, 4.69) is 4.98 Å². The SMILES string of the molecule is N/C=C(\N)c1ccccn1. The predicted octanol–water partition coefficient (Wildman–Crippen LogP) is 0.297. The van der Waals surface area contributed by atoms with Crippen molar-refractivity contribution in [2.24, 2.45) is 11.5 Å². The number of hydrogen-bond acceptors (Lipinski definition) is 3. The third-order valence-corrected chi connectivity index (χ3v) is 1.14. The Kier molecular flexibility index (Phi) is 1.89. The van der Waals surface area contributed by atoms with E-state index >= 15 is 0 Å². The van der Waals surface area contributed by atoms with E-state index in [-0.39, 0.29) is 0 Å². The van der Waals surface area contributed by atoms with Gasteiger partial charge in [0, 0.05) is 12.4 Å². The third kappa shape index (κ3) is 1.25. The summed E-state index contributed by atoms with van der Waals surface area (Å²) in [7, 11) is 0. The van der Waals surface area contributed by atoms with Gasteiger partial charge in [0.25, 0.3) is 0 Å². The molecule has 1 aromatic rings. The summed E-state index contributed by atoms with van der Waals surface area (Å²) in [5, 5.41) is 0. The highest BCUT2D eigenvalue weighted by atomic mass is 14.7. The summed E-state index contributed by atoms with van der Waals surface area (Å²) in [5.41, 5.74) is 11.9. The molecule has 10 heavy (non-hydrogen) atoms. The quantitative estimate of drug-likeness (QED) is 0.582. The molecule has 0 unspecified atom stereocenters. The monoisotopic (exact) mass is 135 g/mol. The van der Waals surface area contributed by atoms with Gasteiger partial charge in [-0.2, -0.15) is 0 Å². The molecule has 0 amide bonds. The second-order valence-electron chi connectivity index (χ2n) is 1.84. The lowest BCUT2D eigenvalue weighted by Crippen LogP contribution is -2.00. The largest absolute Gasteiger partial charge is 0.403 e. The van der Waals surface area contributed by atoms with Crippen LogP contribution in [0.15, 0.2) is 30.6 Å². The zero-order valence-corrected chi connectivity index (χ0v) is 5.49. The van der Waals surface area contributed by atoms with Crippen LogP contribution in [-0.2, 0) is 0 Å². The van der Waals surface area contributed by atoms with Gasteiger partial charge in [0.05, 0.1) is 11.4 Å². The van der Waals surface area contributed by atoms with Crippen molar-refractivity contribution in [3.8, 4) is 0 Å². The Labute approximate surface area is 59.4 Å². The lowest BCUT2D eigenvalue weighted by molar-refractivity contribution is 1.25. The Bertz CT molecular complexity index is 228.